The number of hydrogen-bond acceptors (Lipinski definition) is 3. The van der Waals surface area contributed by atoms with Crippen molar-refractivity contribution in [2.45, 2.75) is 25.9 Å². The Morgan fingerprint density at radius 2 is 2.17 bits per heavy atom. The van der Waals surface area contributed by atoms with E-state index in [1.165, 1.54) is 0 Å². The van der Waals surface area contributed by atoms with Crippen LogP contribution in [0.15, 0.2) is 0 Å². The molecule has 0 aromatic heterocycles. The molecule has 1 saturated heterocycles. The second-order valence-corrected chi connectivity index (χ2v) is 6.67. The van der Waals surface area contributed by atoms with Crippen LogP contribution in [0, 0.1) is 5.92 Å². The number of hydrogen-bond donors (Lipinski definition) is 0. The Hall–Kier alpha value is 0.200. The molecular weight excluding hydrogens is 200 g/mol. The molecule has 0 aromatic rings. The van der Waals surface area contributed by atoms with Crippen LogP contribution in [-0.2, 0) is 13.8 Å². The van der Waals surface area contributed by atoms with Gasteiger partial charge in [-0.1, -0.05) is 0 Å². The standard InChI is InChI=1S/C7H13ClO3S/c1-7(2)3-6(4-11-7)5-12(8,9)10/h6H,3-5H2,1-2H3. The van der Waals surface area contributed by atoms with E-state index in [1.807, 2.05) is 13.8 Å². The Bertz CT molecular complexity index is 258. The summed E-state index contributed by atoms with van der Waals surface area (Å²) in [6, 6.07) is 0. The fraction of sp³-hybridized carbons (Fsp3) is 1.00. The largest absolute Gasteiger partial charge is 0.375 e. The average molecular weight is 213 g/mol. The monoisotopic (exact) mass is 212 g/mol. The van der Waals surface area contributed by atoms with Crippen molar-refractivity contribution in [1.29, 1.82) is 0 Å². The molecule has 1 atom stereocenters. The van der Waals surface area contributed by atoms with Gasteiger partial charge in [0.05, 0.1) is 18.0 Å². The number of ether oxygens (including phenoxy) is 1. The molecule has 0 aliphatic carbocycles. The molecule has 0 saturated carbocycles. The normalized spacial score (nSPS) is 29.1. The van der Waals surface area contributed by atoms with E-state index >= 15 is 0 Å². The molecule has 1 unspecified atom stereocenters. The molecule has 0 N–H and O–H groups in total. The quantitative estimate of drug-likeness (QED) is 0.650. The van der Waals surface area contributed by atoms with Crippen LogP contribution < -0.4 is 0 Å². The van der Waals surface area contributed by atoms with Crippen LogP contribution in [0.2, 0.25) is 0 Å². The maximum atomic E-state index is 10.7. The lowest BCUT2D eigenvalue weighted by Crippen LogP contribution is -2.18. The fourth-order valence-corrected chi connectivity index (χ4v) is 2.86. The Morgan fingerprint density at radius 3 is 2.50 bits per heavy atom. The molecule has 1 fully saturated rings. The van der Waals surface area contributed by atoms with Gasteiger partial charge in [-0.25, -0.2) is 8.42 Å². The first-order valence-electron chi connectivity index (χ1n) is 3.85. The van der Waals surface area contributed by atoms with Crippen LogP contribution in [0.1, 0.15) is 20.3 Å². The molecule has 1 aliphatic heterocycles. The van der Waals surface area contributed by atoms with Gasteiger partial charge in [-0.15, -0.1) is 0 Å². The Labute approximate surface area is 77.5 Å². The van der Waals surface area contributed by atoms with Crippen molar-refractivity contribution < 1.29 is 13.2 Å². The molecule has 72 valence electrons. The molecule has 0 bridgehead atoms. The molecule has 3 nitrogen and oxygen atoms in total. The van der Waals surface area contributed by atoms with E-state index in [0.717, 1.165) is 6.42 Å². The van der Waals surface area contributed by atoms with Gasteiger partial charge < -0.3 is 4.74 Å². The molecule has 1 rings (SSSR count). The lowest BCUT2D eigenvalue weighted by Gasteiger charge is -2.15. The highest BCUT2D eigenvalue weighted by Gasteiger charge is 2.33. The summed E-state index contributed by atoms with van der Waals surface area (Å²) >= 11 is 0. The van der Waals surface area contributed by atoms with Crippen molar-refractivity contribution in [3.63, 3.8) is 0 Å². The second-order valence-electron chi connectivity index (χ2n) is 3.85. The van der Waals surface area contributed by atoms with Crippen molar-refractivity contribution in [3.05, 3.63) is 0 Å². The summed E-state index contributed by atoms with van der Waals surface area (Å²) in [5.74, 6) is 0.0836. The number of halogens is 1. The zero-order chi connectivity index (χ0) is 9.41. The summed E-state index contributed by atoms with van der Waals surface area (Å²) in [7, 11) is 1.76. The molecule has 0 amide bonds. The Morgan fingerprint density at radius 1 is 1.58 bits per heavy atom. The highest BCUT2D eigenvalue weighted by Crippen LogP contribution is 2.30. The van der Waals surface area contributed by atoms with Crippen molar-refractivity contribution in [2.75, 3.05) is 12.4 Å². The van der Waals surface area contributed by atoms with Gasteiger partial charge in [-0.2, -0.15) is 0 Å². The first-order chi connectivity index (χ1) is 5.29. The summed E-state index contributed by atoms with van der Waals surface area (Å²) in [6.45, 7) is 4.40. The van der Waals surface area contributed by atoms with Crippen LogP contribution in [0.4, 0.5) is 0 Å². The third kappa shape index (κ3) is 3.29. The van der Waals surface area contributed by atoms with E-state index in [0.29, 0.717) is 6.61 Å². The molecule has 5 heteroatoms. The molecule has 1 heterocycles. The van der Waals surface area contributed by atoms with Crippen LogP contribution in [0.5, 0.6) is 0 Å². The first-order valence-corrected chi connectivity index (χ1v) is 6.33. The van der Waals surface area contributed by atoms with Gasteiger partial charge in [-0.05, 0) is 20.3 Å². The SMILES string of the molecule is CC1(C)CC(CS(=O)(=O)Cl)CO1. The highest BCUT2D eigenvalue weighted by molar-refractivity contribution is 8.13. The minimum atomic E-state index is -3.37. The molecular formula is C7H13ClO3S. The van der Waals surface area contributed by atoms with E-state index in [4.69, 9.17) is 15.4 Å². The predicted molar refractivity (Wildman–Crippen MR) is 47.8 cm³/mol. The van der Waals surface area contributed by atoms with Crippen LogP contribution >= 0.6 is 10.7 Å². The van der Waals surface area contributed by atoms with E-state index in [9.17, 15) is 8.42 Å². The smallest absolute Gasteiger partial charge is 0.232 e. The zero-order valence-electron chi connectivity index (χ0n) is 7.21. The molecule has 0 aromatic carbocycles. The lowest BCUT2D eigenvalue weighted by molar-refractivity contribution is 0.0353. The first kappa shape index (κ1) is 10.3. The highest BCUT2D eigenvalue weighted by atomic mass is 35.7. The summed E-state index contributed by atoms with van der Waals surface area (Å²) in [5, 5.41) is 0. The maximum Gasteiger partial charge on any atom is 0.232 e. The second kappa shape index (κ2) is 3.16. The van der Waals surface area contributed by atoms with Crippen molar-refractivity contribution in [1.82, 2.24) is 0 Å². The van der Waals surface area contributed by atoms with Gasteiger partial charge in [0.25, 0.3) is 0 Å². The summed E-state index contributed by atoms with van der Waals surface area (Å²) in [6.07, 6.45) is 0.763. The molecule has 1 aliphatic rings. The minimum Gasteiger partial charge on any atom is -0.375 e. The van der Waals surface area contributed by atoms with Crippen LogP contribution in [-0.4, -0.2) is 26.4 Å². The van der Waals surface area contributed by atoms with Crippen molar-refractivity contribution in [3.8, 4) is 0 Å². The summed E-state index contributed by atoms with van der Waals surface area (Å²) < 4.78 is 26.8. The molecule has 0 radical (unpaired) electrons. The predicted octanol–water partition coefficient (Wildman–Crippen LogP) is 1.37. The molecule has 0 spiro atoms. The summed E-state index contributed by atoms with van der Waals surface area (Å²) in [4.78, 5) is 0. The Kier molecular flexibility index (Phi) is 2.71. The Balaban J connectivity index is 2.49. The average Bonchev–Trinajstić information content (AvgIpc) is 2.05. The lowest BCUT2D eigenvalue weighted by atomic mass is 10.00. The van der Waals surface area contributed by atoms with E-state index < -0.39 is 9.05 Å². The zero-order valence-corrected chi connectivity index (χ0v) is 8.78. The van der Waals surface area contributed by atoms with Gasteiger partial charge in [0.15, 0.2) is 0 Å². The van der Waals surface area contributed by atoms with Gasteiger partial charge in [-0.3, -0.25) is 0 Å². The minimum absolute atomic E-state index is 0.0258. The third-order valence-corrected chi connectivity index (χ3v) is 3.17. The van der Waals surface area contributed by atoms with Gasteiger partial charge >= 0.3 is 0 Å². The van der Waals surface area contributed by atoms with Gasteiger partial charge in [0.1, 0.15) is 0 Å². The van der Waals surface area contributed by atoms with Crippen LogP contribution in [0.25, 0.3) is 0 Å². The summed E-state index contributed by atoms with van der Waals surface area (Å²) in [5.41, 5.74) is -0.188. The third-order valence-electron chi connectivity index (χ3n) is 1.92. The maximum absolute atomic E-state index is 10.7. The van der Waals surface area contributed by atoms with Crippen LogP contribution in [0.3, 0.4) is 0 Å². The fourth-order valence-electron chi connectivity index (χ4n) is 1.55. The van der Waals surface area contributed by atoms with E-state index in [-0.39, 0.29) is 17.3 Å². The van der Waals surface area contributed by atoms with Crippen molar-refractivity contribution in [2.24, 2.45) is 5.92 Å². The topological polar surface area (TPSA) is 43.4 Å². The van der Waals surface area contributed by atoms with E-state index in [2.05, 4.69) is 0 Å². The van der Waals surface area contributed by atoms with Crippen molar-refractivity contribution >= 4 is 19.7 Å². The van der Waals surface area contributed by atoms with Gasteiger partial charge in [0.2, 0.25) is 9.05 Å². The van der Waals surface area contributed by atoms with Gasteiger partial charge in [0, 0.05) is 16.6 Å². The van der Waals surface area contributed by atoms with E-state index in [1.54, 1.807) is 0 Å². The number of rotatable bonds is 2. The molecule has 12 heavy (non-hydrogen) atoms.